The summed E-state index contributed by atoms with van der Waals surface area (Å²) in [6.45, 7) is 6.14. The molecule has 0 aliphatic heterocycles. The van der Waals surface area contributed by atoms with E-state index in [2.05, 4.69) is 6.92 Å². The zero-order valence-electron chi connectivity index (χ0n) is 7.94. The minimum atomic E-state index is -0.173. The second-order valence-corrected chi connectivity index (χ2v) is 2.49. The summed E-state index contributed by atoms with van der Waals surface area (Å²) >= 11 is 0. The van der Waals surface area contributed by atoms with Gasteiger partial charge in [0.05, 0.1) is 0 Å². The number of rotatable bonds is 4. The number of ether oxygens (including phenoxy) is 1. The fourth-order valence-electron chi connectivity index (χ4n) is 0.454. The standard InChI is InChI=1S/C8H16O2.Li/c1-4-5-6-10-8(9)7(2)3;/h9H,4-6H2,1-3H3;/q;+1/p-1. The molecular formula is C8H15LiO2. The molecule has 0 bridgehead atoms. The first-order valence-electron chi connectivity index (χ1n) is 3.65. The fourth-order valence-corrected chi connectivity index (χ4v) is 0.454. The van der Waals surface area contributed by atoms with Crippen molar-refractivity contribution < 1.29 is 28.7 Å². The van der Waals surface area contributed by atoms with Gasteiger partial charge in [-0.1, -0.05) is 18.9 Å². The molecule has 0 N–H and O–H groups in total. The van der Waals surface area contributed by atoms with Crippen molar-refractivity contribution in [1.82, 2.24) is 0 Å². The van der Waals surface area contributed by atoms with Crippen LogP contribution in [0.15, 0.2) is 11.5 Å². The summed E-state index contributed by atoms with van der Waals surface area (Å²) in [5.41, 5.74) is 0.719. The Bertz CT molecular complexity index is 117. The molecule has 0 radical (unpaired) electrons. The van der Waals surface area contributed by atoms with Gasteiger partial charge in [0.1, 0.15) is 0 Å². The number of hydrogen-bond acceptors (Lipinski definition) is 2. The van der Waals surface area contributed by atoms with E-state index in [0.29, 0.717) is 6.61 Å². The van der Waals surface area contributed by atoms with Gasteiger partial charge in [-0.3, -0.25) is 0 Å². The molecule has 2 nitrogen and oxygen atoms in total. The molecule has 0 aliphatic rings. The maximum absolute atomic E-state index is 10.8. The van der Waals surface area contributed by atoms with E-state index in [0.717, 1.165) is 18.4 Å². The van der Waals surface area contributed by atoms with Crippen LogP contribution in [-0.4, -0.2) is 6.61 Å². The van der Waals surface area contributed by atoms with Crippen molar-refractivity contribution in [2.45, 2.75) is 33.6 Å². The molecule has 0 amide bonds. The van der Waals surface area contributed by atoms with Crippen LogP contribution in [0.25, 0.3) is 0 Å². The van der Waals surface area contributed by atoms with Crippen LogP contribution in [0.5, 0.6) is 0 Å². The third-order valence-electron chi connectivity index (χ3n) is 1.14. The van der Waals surface area contributed by atoms with Gasteiger partial charge in [-0.2, -0.15) is 0 Å². The predicted molar refractivity (Wildman–Crippen MR) is 39.2 cm³/mol. The van der Waals surface area contributed by atoms with Gasteiger partial charge in [0, 0.05) is 5.95 Å². The Labute approximate surface area is 80.8 Å². The van der Waals surface area contributed by atoms with Crippen LogP contribution in [0.2, 0.25) is 0 Å². The van der Waals surface area contributed by atoms with Gasteiger partial charge in [-0.25, -0.2) is 0 Å². The Morgan fingerprint density at radius 3 is 2.27 bits per heavy atom. The normalized spacial score (nSPS) is 8.27. The van der Waals surface area contributed by atoms with Crippen LogP contribution in [0.1, 0.15) is 33.6 Å². The van der Waals surface area contributed by atoms with Crippen LogP contribution in [-0.2, 0) is 4.74 Å². The quantitative estimate of drug-likeness (QED) is 0.275. The fraction of sp³-hybridized carbons (Fsp3) is 0.750. The average Bonchev–Trinajstić information content (AvgIpc) is 1.88. The largest absolute Gasteiger partial charge is 1.00 e. The molecule has 0 fully saturated rings. The summed E-state index contributed by atoms with van der Waals surface area (Å²) in [5, 5.41) is 10.8. The third-order valence-corrected chi connectivity index (χ3v) is 1.14. The number of allylic oxidation sites excluding steroid dienone is 1. The first-order valence-corrected chi connectivity index (χ1v) is 3.65. The van der Waals surface area contributed by atoms with E-state index in [9.17, 15) is 5.11 Å². The van der Waals surface area contributed by atoms with Gasteiger partial charge < -0.3 is 9.84 Å². The second kappa shape index (κ2) is 8.04. The van der Waals surface area contributed by atoms with Gasteiger partial charge in [-0.05, 0) is 26.9 Å². The molecule has 3 heteroatoms. The van der Waals surface area contributed by atoms with E-state index in [4.69, 9.17) is 4.74 Å². The zero-order chi connectivity index (χ0) is 7.98. The first kappa shape index (κ1) is 13.5. The van der Waals surface area contributed by atoms with Gasteiger partial charge in [0.25, 0.3) is 0 Å². The summed E-state index contributed by atoms with van der Waals surface area (Å²) in [5.74, 6) is -0.173. The van der Waals surface area contributed by atoms with Crippen LogP contribution in [0.3, 0.4) is 0 Å². The Balaban J connectivity index is 0. The SMILES string of the molecule is CCCCOC([O-])=C(C)C.[Li+]. The van der Waals surface area contributed by atoms with E-state index in [1.807, 2.05) is 0 Å². The molecule has 0 unspecified atom stereocenters. The molecule has 0 rings (SSSR count). The molecule has 0 atom stereocenters. The van der Waals surface area contributed by atoms with Crippen LogP contribution >= 0.6 is 0 Å². The minimum absolute atomic E-state index is 0. The van der Waals surface area contributed by atoms with Gasteiger partial charge >= 0.3 is 18.9 Å². The van der Waals surface area contributed by atoms with Crippen LogP contribution in [0.4, 0.5) is 0 Å². The predicted octanol–water partition coefficient (Wildman–Crippen LogP) is -1.58. The third kappa shape index (κ3) is 7.84. The monoisotopic (exact) mass is 150 g/mol. The van der Waals surface area contributed by atoms with Gasteiger partial charge in [0.15, 0.2) is 0 Å². The molecule has 0 aromatic heterocycles. The second-order valence-electron chi connectivity index (χ2n) is 2.49. The average molecular weight is 150 g/mol. The first-order chi connectivity index (χ1) is 4.68. The zero-order valence-corrected chi connectivity index (χ0v) is 7.94. The number of hydrogen-bond donors (Lipinski definition) is 0. The van der Waals surface area contributed by atoms with Crippen molar-refractivity contribution in [3.05, 3.63) is 11.5 Å². The molecule has 0 heterocycles. The van der Waals surface area contributed by atoms with E-state index < -0.39 is 0 Å². The van der Waals surface area contributed by atoms with Crippen molar-refractivity contribution >= 4 is 0 Å². The van der Waals surface area contributed by atoms with Crippen molar-refractivity contribution in [3.8, 4) is 0 Å². The summed E-state index contributed by atoms with van der Waals surface area (Å²) in [6, 6.07) is 0. The minimum Gasteiger partial charge on any atom is -0.613 e. The Kier molecular flexibility index (Phi) is 9.88. The van der Waals surface area contributed by atoms with E-state index in [1.165, 1.54) is 0 Å². The smallest absolute Gasteiger partial charge is 0.613 e. The van der Waals surface area contributed by atoms with E-state index in [-0.39, 0.29) is 24.8 Å². The van der Waals surface area contributed by atoms with Gasteiger partial charge in [0.2, 0.25) is 0 Å². The molecule has 0 aliphatic carbocycles. The van der Waals surface area contributed by atoms with Crippen LogP contribution < -0.4 is 24.0 Å². The van der Waals surface area contributed by atoms with Crippen molar-refractivity contribution in [1.29, 1.82) is 0 Å². The molecule has 60 valence electrons. The molecule has 0 spiro atoms. The van der Waals surface area contributed by atoms with Crippen molar-refractivity contribution in [3.63, 3.8) is 0 Å². The van der Waals surface area contributed by atoms with Crippen molar-refractivity contribution in [2.75, 3.05) is 6.61 Å². The molecule has 0 saturated heterocycles. The van der Waals surface area contributed by atoms with Crippen molar-refractivity contribution in [2.24, 2.45) is 0 Å². The molecule has 11 heavy (non-hydrogen) atoms. The van der Waals surface area contributed by atoms with E-state index in [1.54, 1.807) is 13.8 Å². The number of unbranched alkanes of at least 4 members (excludes halogenated alkanes) is 1. The summed E-state index contributed by atoms with van der Waals surface area (Å²) < 4.78 is 4.87. The van der Waals surface area contributed by atoms with E-state index >= 15 is 0 Å². The molecule has 0 aromatic carbocycles. The Morgan fingerprint density at radius 2 is 1.91 bits per heavy atom. The maximum atomic E-state index is 10.8. The summed E-state index contributed by atoms with van der Waals surface area (Å²) in [4.78, 5) is 0. The topological polar surface area (TPSA) is 32.3 Å². The summed E-state index contributed by atoms with van der Waals surface area (Å²) in [6.07, 6.45) is 2.02. The Hall–Kier alpha value is -0.0626. The Morgan fingerprint density at radius 1 is 1.36 bits per heavy atom. The molecule has 0 aromatic rings. The maximum Gasteiger partial charge on any atom is 1.00 e. The molecular weight excluding hydrogens is 135 g/mol. The van der Waals surface area contributed by atoms with Gasteiger partial charge in [-0.15, -0.1) is 0 Å². The van der Waals surface area contributed by atoms with Crippen LogP contribution in [0, 0.1) is 0 Å². The molecule has 0 saturated carbocycles. The summed E-state index contributed by atoms with van der Waals surface area (Å²) in [7, 11) is 0.